The van der Waals surface area contributed by atoms with Gasteiger partial charge >= 0.3 is 0 Å². The molecule has 166 valence electrons. The fraction of sp³-hybridized carbons (Fsp3) is 0.435. The second kappa shape index (κ2) is 8.88. The van der Waals surface area contributed by atoms with Crippen molar-refractivity contribution in [2.24, 2.45) is 0 Å². The molecule has 0 saturated heterocycles. The predicted octanol–water partition coefficient (Wildman–Crippen LogP) is 2.84. The van der Waals surface area contributed by atoms with Crippen molar-refractivity contribution < 1.29 is 22.7 Å². The van der Waals surface area contributed by atoms with Crippen molar-refractivity contribution in [3.05, 3.63) is 47.0 Å². The molecule has 2 aromatic rings. The Balaban J connectivity index is 1.46. The normalized spacial score (nSPS) is 15.2. The summed E-state index contributed by atoms with van der Waals surface area (Å²) in [6, 6.07) is 9.11. The molecule has 0 spiro atoms. The highest BCUT2D eigenvalue weighted by Gasteiger charge is 2.32. The van der Waals surface area contributed by atoms with Crippen molar-refractivity contribution in [2.75, 3.05) is 31.2 Å². The molecular formula is C23H28N2O5S. The summed E-state index contributed by atoms with van der Waals surface area (Å²) in [5.74, 6) is 1.48. The second-order valence-corrected chi connectivity index (χ2v) is 9.45. The Kier molecular flexibility index (Phi) is 6.20. The summed E-state index contributed by atoms with van der Waals surface area (Å²) in [6.07, 6.45) is 2.26. The summed E-state index contributed by atoms with van der Waals surface area (Å²) in [4.78, 5) is 14.1. The van der Waals surface area contributed by atoms with Crippen molar-refractivity contribution in [2.45, 2.75) is 44.4 Å². The quantitative estimate of drug-likeness (QED) is 0.643. The summed E-state index contributed by atoms with van der Waals surface area (Å²) in [6.45, 7) is 5.82. The first-order chi connectivity index (χ1) is 14.9. The van der Waals surface area contributed by atoms with Gasteiger partial charge in [0.25, 0.3) is 0 Å². The Bertz CT molecular complexity index is 1100. The van der Waals surface area contributed by atoms with Crippen LogP contribution in [0.4, 0.5) is 5.69 Å². The van der Waals surface area contributed by atoms with Crippen LogP contribution in [0.1, 0.15) is 37.0 Å². The zero-order chi connectivity index (χ0) is 22.0. The van der Waals surface area contributed by atoms with Crippen molar-refractivity contribution in [3.63, 3.8) is 0 Å². The van der Waals surface area contributed by atoms with Crippen LogP contribution in [0.2, 0.25) is 0 Å². The first kappa shape index (κ1) is 21.6. The van der Waals surface area contributed by atoms with E-state index in [4.69, 9.17) is 9.47 Å². The van der Waals surface area contributed by atoms with E-state index in [0.29, 0.717) is 56.9 Å². The molecular weight excluding hydrogens is 416 g/mol. The number of amides is 1. The number of carbonyl (C=O) groups is 1. The third-order valence-corrected chi connectivity index (χ3v) is 7.09. The van der Waals surface area contributed by atoms with Gasteiger partial charge in [0.2, 0.25) is 15.9 Å². The smallest absolute Gasteiger partial charge is 0.240 e. The fourth-order valence-electron chi connectivity index (χ4n) is 4.25. The van der Waals surface area contributed by atoms with Gasteiger partial charge < -0.3 is 14.4 Å². The van der Waals surface area contributed by atoms with Gasteiger partial charge in [0.1, 0.15) is 0 Å². The number of sulfonamides is 1. The van der Waals surface area contributed by atoms with Crippen LogP contribution in [0, 0.1) is 0 Å². The first-order valence-corrected chi connectivity index (χ1v) is 12.3. The fourth-order valence-corrected chi connectivity index (χ4v) is 5.38. The predicted molar refractivity (Wildman–Crippen MR) is 118 cm³/mol. The monoisotopic (exact) mass is 444 g/mol. The molecule has 2 aliphatic rings. The molecule has 0 saturated carbocycles. The van der Waals surface area contributed by atoms with Crippen LogP contribution in [0.5, 0.6) is 11.5 Å². The van der Waals surface area contributed by atoms with E-state index in [9.17, 15) is 13.2 Å². The molecule has 0 unspecified atom stereocenters. The van der Waals surface area contributed by atoms with Gasteiger partial charge in [-0.25, -0.2) is 13.1 Å². The summed E-state index contributed by atoms with van der Waals surface area (Å²) in [5.41, 5.74) is 3.78. The van der Waals surface area contributed by atoms with Crippen LogP contribution in [0.3, 0.4) is 0 Å². The van der Waals surface area contributed by atoms with Crippen LogP contribution in [0.25, 0.3) is 0 Å². The minimum Gasteiger partial charge on any atom is -0.490 e. The Morgan fingerprint density at radius 1 is 0.968 bits per heavy atom. The minimum absolute atomic E-state index is 0.127. The SMILES string of the molecule is CCOc1ccc(CCNS(=O)(=O)c2cc3c4c(c2)CCN4C(=O)CC3)cc1OCC. The number of anilines is 1. The lowest BCUT2D eigenvalue weighted by Gasteiger charge is -2.25. The molecule has 0 aliphatic carbocycles. The number of hydrogen-bond donors (Lipinski definition) is 1. The van der Waals surface area contributed by atoms with Gasteiger partial charge in [0.05, 0.1) is 23.8 Å². The van der Waals surface area contributed by atoms with E-state index in [1.54, 1.807) is 17.0 Å². The highest BCUT2D eigenvalue weighted by Crippen LogP contribution is 2.38. The molecule has 1 amide bonds. The maximum absolute atomic E-state index is 12.9. The van der Waals surface area contributed by atoms with Gasteiger partial charge in [-0.1, -0.05) is 6.07 Å². The molecule has 2 aliphatic heterocycles. The number of aryl methyl sites for hydroxylation is 1. The van der Waals surface area contributed by atoms with Crippen LogP contribution >= 0.6 is 0 Å². The average molecular weight is 445 g/mol. The molecule has 31 heavy (non-hydrogen) atoms. The highest BCUT2D eigenvalue weighted by molar-refractivity contribution is 7.89. The largest absolute Gasteiger partial charge is 0.490 e. The van der Waals surface area contributed by atoms with Gasteiger partial charge in [-0.05, 0) is 74.1 Å². The van der Waals surface area contributed by atoms with Crippen LogP contribution in [-0.4, -0.2) is 40.6 Å². The Morgan fingerprint density at radius 3 is 2.42 bits per heavy atom. The Morgan fingerprint density at radius 2 is 1.68 bits per heavy atom. The highest BCUT2D eigenvalue weighted by atomic mass is 32.2. The third kappa shape index (κ3) is 4.41. The van der Waals surface area contributed by atoms with Gasteiger partial charge in [-0.15, -0.1) is 0 Å². The Hall–Kier alpha value is -2.58. The van der Waals surface area contributed by atoms with Crippen molar-refractivity contribution >= 4 is 21.6 Å². The second-order valence-electron chi connectivity index (χ2n) is 7.68. The molecule has 0 atom stereocenters. The van der Waals surface area contributed by atoms with Crippen LogP contribution in [-0.2, 0) is 34.1 Å². The number of carbonyl (C=O) groups excluding carboxylic acids is 1. The van der Waals surface area contributed by atoms with E-state index in [0.717, 1.165) is 22.4 Å². The standard InChI is InChI=1S/C23H28N2O5S/c1-3-29-20-7-5-16(13-21(20)30-4-2)9-11-24-31(27,28)19-14-17-6-8-22(26)25-12-10-18(15-19)23(17)25/h5,7,13-15,24H,3-4,6,8-12H2,1-2H3. The van der Waals surface area contributed by atoms with Crippen LogP contribution < -0.4 is 19.1 Å². The summed E-state index contributed by atoms with van der Waals surface area (Å²) in [5, 5.41) is 0. The molecule has 0 aromatic heterocycles. The van der Waals surface area contributed by atoms with Crippen LogP contribution in [0.15, 0.2) is 35.2 Å². The van der Waals surface area contributed by atoms with E-state index >= 15 is 0 Å². The van der Waals surface area contributed by atoms with Gasteiger partial charge in [-0.3, -0.25) is 4.79 Å². The molecule has 2 aromatic carbocycles. The molecule has 0 fully saturated rings. The van der Waals surface area contributed by atoms with E-state index in [-0.39, 0.29) is 17.3 Å². The maximum Gasteiger partial charge on any atom is 0.240 e. The zero-order valence-corrected chi connectivity index (χ0v) is 18.8. The number of benzene rings is 2. The molecule has 7 nitrogen and oxygen atoms in total. The summed E-state index contributed by atoms with van der Waals surface area (Å²) < 4.78 is 39.8. The number of ether oxygens (including phenoxy) is 2. The lowest BCUT2D eigenvalue weighted by Crippen LogP contribution is -2.33. The van der Waals surface area contributed by atoms with Crippen molar-refractivity contribution in [1.82, 2.24) is 4.72 Å². The Labute approximate surface area is 183 Å². The zero-order valence-electron chi connectivity index (χ0n) is 17.9. The first-order valence-electron chi connectivity index (χ1n) is 10.8. The number of nitrogens with one attached hydrogen (secondary N) is 1. The number of hydrogen-bond acceptors (Lipinski definition) is 5. The number of rotatable bonds is 9. The average Bonchev–Trinajstić information content (AvgIpc) is 3.18. The topological polar surface area (TPSA) is 84.9 Å². The number of nitrogens with zero attached hydrogens (tertiary/aromatic N) is 1. The molecule has 1 N–H and O–H groups in total. The molecule has 4 rings (SSSR count). The van der Waals surface area contributed by atoms with E-state index in [1.165, 1.54) is 0 Å². The molecule has 0 radical (unpaired) electrons. The summed E-state index contributed by atoms with van der Waals surface area (Å²) >= 11 is 0. The molecule has 2 heterocycles. The van der Waals surface area contributed by atoms with E-state index in [2.05, 4.69) is 4.72 Å². The maximum atomic E-state index is 12.9. The third-order valence-electron chi connectivity index (χ3n) is 5.65. The van der Waals surface area contributed by atoms with Gasteiger partial charge in [0.15, 0.2) is 11.5 Å². The van der Waals surface area contributed by atoms with Gasteiger partial charge in [-0.2, -0.15) is 0 Å². The van der Waals surface area contributed by atoms with E-state index in [1.807, 2.05) is 32.0 Å². The lowest BCUT2D eigenvalue weighted by molar-refractivity contribution is -0.118. The summed E-state index contributed by atoms with van der Waals surface area (Å²) in [7, 11) is -3.64. The molecule has 8 heteroatoms. The molecule has 0 bridgehead atoms. The van der Waals surface area contributed by atoms with Gasteiger partial charge in [0, 0.05) is 19.5 Å². The lowest BCUT2D eigenvalue weighted by atomic mass is 10.00. The minimum atomic E-state index is -3.64. The van der Waals surface area contributed by atoms with E-state index < -0.39 is 10.0 Å². The van der Waals surface area contributed by atoms with Crippen molar-refractivity contribution in [3.8, 4) is 11.5 Å². The van der Waals surface area contributed by atoms with Crippen molar-refractivity contribution in [1.29, 1.82) is 0 Å².